The molecule has 0 aromatic carbocycles. The van der Waals surface area contributed by atoms with Gasteiger partial charge in [0.1, 0.15) is 6.04 Å². The topological polar surface area (TPSA) is 75.1 Å². The number of carboxylic acid groups (broad SMARTS) is 1. The number of carboxylic acids is 1. The first kappa shape index (κ1) is 12.8. The smallest absolute Gasteiger partial charge is 0.326 e. The van der Waals surface area contributed by atoms with Crippen molar-refractivity contribution in [3.8, 4) is 0 Å². The van der Waals surface area contributed by atoms with E-state index in [1.165, 1.54) is 0 Å². The molecule has 0 aliphatic heterocycles. The van der Waals surface area contributed by atoms with Crippen molar-refractivity contribution in [1.29, 1.82) is 0 Å². The Morgan fingerprint density at radius 1 is 1.44 bits per heavy atom. The Kier molecular flexibility index (Phi) is 4.11. The number of carbonyl (C=O) groups is 1. The van der Waals surface area contributed by atoms with E-state index in [0.29, 0.717) is 11.3 Å². The number of hydrogen-bond donors (Lipinski definition) is 2. The molecule has 0 saturated carbocycles. The highest BCUT2D eigenvalue weighted by atomic mass is 32.1. The van der Waals surface area contributed by atoms with E-state index in [4.69, 9.17) is 5.11 Å². The maximum atomic E-state index is 12.2. The fourth-order valence-corrected chi connectivity index (χ4v) is 1.66. The van der Waals surface area contributed by atoms with Crippen LogP contribution in [0.15, 0.2) is 0 Å². The van der Waals surface area contributed by atoms with Crippen molar-refractivity contribution in [1.82, 2.24) is 10.2 Å². The summed E-state index contributed by atoms with van der Waals surface area (Å²) in [6.45, 7) is 3.42. The lowest BCUT2D eigenvalue weighted by Crippen LogP contribution is -2.34. The summed E-state index contributed by atoms with van der Waals surface area (Å²) in [7, 11) is 0. The summed E-state index contributed by atoms with van der Waals surface area (Å²) < 4.78 is 24.4. The number of alkyl halides is 2. The second-order valence-electron chi connectivity index (χ2n) is 3.45. The maximum Gasteiger partial charge on any atom is 0.326 e. The molecule has 0 bridgehead atoms. The number of hydrogen-bond acceptors (Lipinski definition) is 5. The van der Waals surface area contributed by atoms with E-state index in [1.807, 2.05) is 0 Å². The number of aromatic nitrogens is 2. The van der Waals surface area contributed by atoms with Crippen molar-refractivity contribution < 1.29 is 18.7 Å². The van der Waals surface area contributed by atoms with Gasteiger partial charge in [0.05, 0.1) is 0 Å². The van der Waals surface area contributed by atoms with E-state index in [9.17, 15) is 13.6 Å². The highest BCUT2D eigenvalue weighted by molar-refractivity contribution is 7.15. The van der Waals surface area contributed by atoms with Crippen LogP contribution in [0, 0.1) is 5.92 Å². The molecule has 0 unspecified atom stereocenters. The van der Waals surface area contributed by atoms with Gasteiger partial charge in [-0.2, -0.15) is 0 Å². The SMILES string of the molecule is CC(C)[C@@H](Nc1nnc(C(F)F)s1)C(=O)O. The Morgan fingerprint density at radius 2 is 2.06 bits per heavy atom. The maximum absolute atomic E-state index is 12.2. The molecule has 1 aromatic heterocycles. The summed E-state index contributed by atoms with van der Waals surface area (Å²) in [5, 5.41) is 17.8. The Labute approximate surface area is 94.5 Å². The van der Waals surface area contributed by atoms with Crippen LogP contribution >= 0.6 is 11.3 Å². The molecular formula is C8H11F2N3O2S. The summed E-state index contributed by atoms with van der Waals surface area (Å²) in [5.74, 6) is -1.24. The predicted octanol–water partition coefficient (Wildman–Crippen LogP) is 2.00. The van der Waals surface area contributed by atoms with Crippen LogP contribution in [0.5, 0.6) is 0 Å². The highest BCUT2D eigenvalue weighted by Gasteiger charge is 2.23. The van der Waals surface area contributed by atoms with Gasteiger partial charge in [-0.3, -0.25) is 0 Å². The Balaban J connectivity index is 2.74. The summed E-state index contributed by atoms with van der Waals surface area (Å²) >= 11 is 0.657. The lowest BCUT2D eigenvalue weighted by molar-refractivity contribution is -0.138. The van der Waals surface area contributed by atoms with E-state index in [2.05, 4.69) is 15.5 Å². The van der Waals surface area contributed by atoms with Crippen molar-refractivity contribution >= 4 is 22.4 Å². The van der Waals surface area contributed by atoms with Crippen LogP contribution in [0.4, 0.5) is 13.9 Å². The fourth-order valence-electron chi connectivity index (χ4n) is 1.03. The van der Waals surface area contributed by atoms with Crippen LogP contribution in [0.2, 0.25) is 0 Å². The first-order valence-electron chi connectivity index (χ1n) is 4.52. The number of halogens is 2. The summed E-state index contributed by atoms with van der Waals surface area (Å²) in [4.78, 5) is 10.8. The minimum atomic E-state index is -2.68. The molecule has 0 fully saturated rings. The predicted molar refractivity (Wildman–Crippen MR) is 54.8 cm³/mol. The number of aliphatic carboxylic acids is 1. The minimum Gasteiger partial charge on any atom is -0.480 e. The molecule has 0 aliphatic rings. The highest BCUT2D eigenvalue weighted by Crippen LogP contribution is 2.26. The molecule has 0 saturated heterocycles. The van der Waals surface area contributed by atoms with Crippen molar-refractivity contribution in [2.45, 2.75) is 26.3 Å². The number of nitrogens with zero attached hydrogens (tertiary/aromatic N) is 2. The van der Waals surface area contributed by atoms with Gasteiger partial charge in [0.15, 0.2) is 5.01 Å². The number of nitrogens with one attached hydrogen (secondary N) is 1. The van der Waals surface area contributed by atoms with Gasteiger partial charge in [0, 0.05) is 0 Å². The lowest BCUT2D eigenvalue weighted by atomic mass is 10.1. The van der Waals surface area contributed by atoms with E-state index in [-0.39, 0.29) is 11.0 Å². The van der Waals surface area contributed by atoms with Crippen LogP contribution in [0.3, 0.4) is 0 Å². The Bertz CT molecular complexity index is 370. The molecule has 1 heterocycles. The van der Waals surface area contributed by atoms with E-state index >= 15 is 0 Å². The second kappa shape index (κ2) is 5.15. The zero-order chi connectivity index (χ0) is 12.3. The average Bonchev–Trinajstić information content (AvgIpc) is 2.61. The third-order valence-corrected chi connectivity index (χ3v) is 2.70. The van der Waals surface area contributed by atoms with Gasteiger partial charge < -0.3 is 10.4 Å². The molecular weight excluding hydrogens is 240 g/mol. The van der Waals surface area contributed by atoms with Crippen LogP contribution in [-0.4, -0.2) is 27.3 Å². The molecule has 8 heteroatoms. The molecule has 1 rings (SSSR count). The summed E-state index contributed by atoms with van der Waals surface area (Å²) in [6, 6.07) is -0.863. The van der Waals surface area contributed by atoms with Gasteiger partial charge in [-0.15, -0.1) is 10.2 Å². The van der Waals surface area contributed by atoms with Crippen molar-refractivity contribution in [2.75, 3.05) is 5.32 Å². The summed E-state index contributed by atoms with van der Waals surface area (Å²) in [5.41, 5.74) is 0. The van der Waals surface area contributed by atoms with Gasteiger partial charge in [-0.05, 0) is 5.92 Å². The van der Waals surface area contributed by atoms with Gasteiger partial charge in [0.2, 0.25) is 5.13 Å². The zero-order valence-electron chi connectivity index (χ0n) is 8.65. The van der Waals surface area contributed by atoms with Gasteiger partial charge in [0.25, 0.3) is 6.43 Å². The first-order chi connectivity index (χ1) is 7.41. The second-order valence-corrected chi connectivity index (χ2v) is 4.46. The number of anilines is 1. The monoisotopic (exact) mass is 251 g/mol. The molecule has 0 aliphatic carbocycles. The van der Waals surface area contributed by atoms with Crippen molar-refractivity contribution in [2.24, 2.45) is 5.92 Å². The molecule has 2 N–H and O–H groups in total. The van der Waals surface area contributed by atoms with E-state index in [0.717, 1.165) is 0 Å². The first-order valence-corrected chi connectivity index (χ1v) is 5.34. The third-order valence-electron chi connectivity index (χ3n) is 1.84. The number of rotatable bonds is 5. The van der Waals surface area contributed by atoms with E-state index < -0.39 is 23.4 Å². The third kappa shape index (κ3) is 3.09. The lowest BCUT2D eigenvalue weighted by Gasteiger charge is -2.16. The minimum absolute atomic E-state index is 0.0939. The van der Waals surface area contributed by atoms with E-state index in [1.54, 1.807) is 13.8 Å². The fraction of sp³-hybridized carbons (Fsp3) is 0.625. The standard InChI is InChI=1S/C8H11F2N3O2S/c1-3(2)4(7(14)15)11-8-13-12-6(16-8)5(9)10/h3-5H,1-2H3,(H,11,13)(H,14,15)/t4-/m1/s1. The van der Waals surface area contributed by atoms with Crippen LogP contribution in [0.25, 0.3) is 0 Å². The van der Waals surface area contributed by atoms with Crippen LogP contribution in [0.1, 0.15) is 25.3 Å². The molecule has 0 radical (unpaired) electrons. The largest absolute Gasteiger partial charge is 0.480 e. The Hall–Kier alpha value is -1.31. The molecule has 0 amide bonds. The average molecular weight is 251 g/mol. The normalized spacial score (nSPS) is 13.1. The molecule has 0 spiro atoms. The molecule has 1 atom stereocenters. The van der Waals surface area contributed by atoms with Crippen molar-refractivity contribution in [3.05, 3.63) is 5.01 Å². The van der Waals surface area contributed by atoms with Crippen LogP contribution in [-0.2, 0) is 4.79 Å². The summed E-state index contributed by atoms with van der Waals surface area (Å²) in [6.07, 6.45) is -2.68. The van der Waals surface area contributed by atoms with Crippen LogP contribution < -0.4 is 5.32 Å². The molecule has 90 valence electrons. The van der Waals surface area contributed by atoms with Gasteiger partial charge in [-0.1, -0.05) is 25.2 Å². The van der Waals surface area contributed by atoms with Crippen molar-refractivity contribution in [3.63, 3.8) is 0 Å². The molecule has 1 aromatic rings. The van der Waals surface area contributed by atoms with Gasteiger partial charge in [-0.25, -0.2) is 13.6 Å². The molecule has 16 heavy (non-hydrogen) atoms. The molecule has 5 nitrogen and oxygen atoms in total. The Morgan fingerprint density at radius 3 is 2.44 bits per heavy atom. The van der Waals surface area contributed by atoms with Gasteiger partial charge >= 0.3 is 5.97 Å². The quantitative estimate of drug-likeness (QED) is 0.837. The zero-order valence-corrected chi connectivity index (χ0v) is 9.46.